The van der Waals surface area contributed by atoms with Crippen molar-refractivity contribution < 1.29 is 23.8 Å². The van der Waals surface area contributed by atoms with E-state index in [0.29, 0.717) is 31.6 Å². The summed E-state index contributed by atoms with van der Waals surface area (Å²) in [5, 5.41) is 5.63. The Morgan fingerprint density at radius 2 is 1.42 bits per heavy atom. The molecule has 3 N–H and O–H groups in total. The quantitative estimate of drug-likeness (QED) is 0.186. The van der Waals surface area contributed by atoms with E-state index in [1.165, 1.54) is 6.07 Å². The van der Waals surface area contributed by atoms with Gasteiger partial charge in [-0.3, -0.25) is 18.9 Å². The smallest absolute Gasteiger partial charge is 0.253 e. The highest BCUT2D eigenvalue weighted by Gasteiger charge is 2.36. The Bertz CT molecular complexity index is 1380. The normalized spacial score (nSPS) is 13.8. The average molecular weight is 606 g/mol. The van der Waals surface area contributed by atoms with E-state index in [1.807, 2.05) is 74.5 Å². The van der Waals surface area contributed by atoms with Crippen LogP contribution in [0.2, 0.25) is 0 Å². The summed E-state index contributed by atoms with van der Waals surface area (Å²) in [6, 6.07) is 25.3. The summed E-state index contributed by atoms with van der Waals surface area (Å²) < 4.78 is 13.8. The van der Waals surface area contributed by atoms with Crippen molar-refractivity contribution >= 4 is 25.1 Å². The van der Waals surface area contributed by atoms with E-state index in [0.717, 1.165) is 24.0 Å². The van der Waals surface area contributed by atoms with E-state index >= 15 is 0 Å². The van der Waals surface area contributed by atoms with E-state index in [9.17, 15) is 23.8 Å². The van der Waals surface area contributed by atoms with Crippen molar-refractivity contribution in [2.45, 2.75) is 52.2 Å². The van der Waals surface area contributed by atoms with Crippen LogP contribution in [0.3, 0.4) is 0 Å². The number of carbonyl (C=O) groups excluding carboxylic acids is 3. The zero-order chi connectivity index (χ0) is 31.2. The molecule has 0 spiro atoms. The van der Waals surface area contributed by atoms with Gasteiger partial charge in [-0.25, -0.2) is 0 Å². The molecule has 3 amide bonds. The van der Waals surface area contributed by atoms with Gasteiger partial charge in [-0.15, -0.1) is 0 Å². The van der Waals surface area contributed by atoms with Gasteiger partial charge in [0, 0.05) is 49.3 Å². The number of hydrogen-bond donors (Lipinski definition) is 3. The van der Waals surface area contributed by atoms with Gasteiger partial charge < -0.3 is 20.4 Å². The van der Waals surface area contributed by atoms with Crippen LogP contribution in [0, 0.1) is 5.92 Å². The molecule has 0 aliphatic carbocycles. The Kier molecular flexibility index (Phi) is 13.2. The Balaban J connectivity index is 1.74. The Labute approximate surface area is 255 Å². The van der Waals surface area contributed by atoms with Gasteiger partial charge in [0.05, 0.1) is 0 Å². The molecule has 0 fully saturated rings. The first kappa shape index (κ1) is 33.8. The van der Waals surface area contributed by atoms with E-state index in [1.54, 1.807) is 30.0 Å². The third kappa shape index (κ3) is 10.5. The second-order valence-electron chi connectivity index (χ2n) is 10.9. The number of rotatable bonds is 16. The third-order valence-corrected chi connectivity index (χ3v) is 9.60. The lowest BCUT2D eigenvalue weighted by molar-refractivity contribution is -0.123. The van der Waals surface area contributed by atoms with Crippen LogP contribution in [0.1, 0.15) is 65.5 Å². The van der Waals surface area contributed by atoms with Crippen molar-refractivity contribution in [1.29, 1.82) is 0 Å². The largest absolute Gasteiger partial charge is 0.356 e. The van der Waals surface area contributed by atoms with Gasteiger partial charge in [-0.1, -0.05) is 87.5 Å². The molecule has 2 unspecified atom stereocenters. The monoisotopic (exact) mass is 605 g/mol. The number of nitrogens with zero attached hydrogens (tertiary/aromatic N) is 1. The number of hydrogen-bond acceptors (Lipinski definition) is 4. The van der Waals surface area contributed by atoms with Gasteiger partial charge in [0.2, 0.25) is 13.3 Å². The van der Waals surface area contributed by atoms with Crippen LogP contribution < -0.4 is 10.6 Å². The Hall–Kier alpha value is -3.74. The summed E-state index contributed by atoms with van der Waals surface area (Å²) in [4.78, 5) is 52.4. The lowest BCUT2D eigenvalue weighted by Crippen LogP contribution is -2.39. The molecule has 0 aliphatic heterocycles. The molecule has 3 rings (SSSR count). The van der Waals surface area contributed by atoms with Crippen molar-refractivity contribution in [2.75, 3.05) is 25.8 Å². The molecule has 0 bridgehead atoms. The fourth-order valence-electron chi connectivity index (χ4n) is 4.95. The number of benzene rings is 3. The summed E-state index contributed by atoms with van der Waals surface area (Å²) in [6.45, 7) is 7.29. The van der Waals surface area contributed by atoms with E-state index in [4.69, 9.17) is 0 Å². The summed E-state index contributed by atoms with van der Waals surface area (Å²) in [5.74, 6) is -2.89. The minimum absolute atomic E-state index is 0.113. The number of nitrogens with one attached hydrogen (secondary N) is 2. The first-order chi connectivity index (χ1) is 20.6. The first-order valence-corrected chi connectivity index (χ1v) is 16.9. The minimum atomic E-state index is -4.08. The van der Waals surface area contributed by atoms with E-state index in [2.05, 4.69) is 10.6 Å². The molecule has 0 aromatic heterocycles. The minimum Gasteiger partial charge on any atom is -0.356 e. The molecule has 0 saturated heterocycles. The highest BCUT2D eigenvalue weighted by atomic mass is 31.2. The lowest BCUT2D eigenvalue weighted by Gasteiger charge is -2.26. The fourth-order valence-corrected chi connectivity index (χ4v) is 6.97. The summed E-state index contributed by atoms with van der Waals surface area (Å²) in [6.07, 6.45) is 2.12. The van der Waals surface area contributed by atoms with Gasteiger partial charge in [0.15, 0.2) is 0 Å². The molecule has 230 valence electrons. The third-order valence-electron chi connectivity index (χ3n) is 7.24. The van der Waals surface area contributed by atoms with Crippen LogP contribution in [0.4, 0.5) is 0 Å². The van der Waals surface area contributed by atoms with Crippen molar-refractivity contribution in [3.63, 3.8) is 0 Å². The lowest BCUT2D eigenvalue weighted by atomic mass is 10.1. The van der Waals surface area contributed by atoms with E-state index < -0.39 is 25.0 Å². The zero-order valence-corrected chi connectivity index (χ0v) is 26.3. The van der Waals surface area contributed by atoms with Gasteiger partial charge in [-0.05, 0) is 48.6 Å². The Morgan fingerprint density at radius 1 is 0.837 bits per heavy atom. The summed E-state index contributed by atoms with van der Waals surface area (Å²) in [7, 11) is -4.08. The Morgan fingerprint density at radius 3 is 2.02 bits per heavy atom. The maximum absolute atomic E-state index is 13.8. The molecule has 0 saturated carbocycles. The van der Waals surface area contributed by atoms with Gasteiger partial charge in [0.25, 0.3) is 11.8 Å². The van der Waals surface area contributed by atoms with Crippen LogP contribution in [0.25, 0.3) is 0 Å². The highest BCUT2D eigenvalue weighted by Crippen LogP contribution is 2.48. The molecular weight excluding hydrogens is 561 g/mol. The fraction of sp³-hybridized carbons (Fsp3) is 0.382. The molecule has 3 aromatic rings. The predicted molar refractivity (Wildman–Crippen MR) is 171 cm³/mol. The first-order valence-electron chi connectivity index (χ1n) is 15.0. The summed E-state index contributed by atoms with van der Waals surface area (Å²) in [5.41, 5.74) is 2.48. The molecule has 0 heterocycles. The zero-order valence-electron chi connectivity index (χ0n) is 25.4. The van der Waals surface area contributed by atoms with Crippen molar-refractivity contribution in [3.05, 3.63) is 107 Å². The van der Waals surface area contributed by atoms with E-state index in [-0.39, 0.29) is 30.0 Å². The molecule has 9 heteroatoms. The average Bonchev–Trinajstić information content (AvgIpc) is 3.01. The van der Waals surface area contributed by atoms with Crippen LogP contribution in [0.15, 0.2) is 84.9 Å². The second kappa shape index (κ2) is 16.8. The second-order valence-corrected chi connectivity index (χ2v) is 13.4. The molecule has 8 nitrogen and oxygen atoms in total. The molecular formula is C34H44N3O5P. The van der Waals surface area contributed by atoms with Gasteiger partial charge >= 0.3 is 0 Å². The van der Waals surface area contributed by atoms with Crippen LogP contribution in [0.5, 0.6) is 0 Å². The standard InChI is InChI=1S/C34H44N3O5P/c1-4-21-37(22-5-2)34(40)30-18-12-17-29(24-30)33(39)36-31(23-28-15-10-7-11-16-28)43(41,42)25-26(3)32(38)35-20-19-27-13-8-6-9-14-27/h6-18,24,26,31H,4-5,19-23,25H2,1-3H3,(H,35,38)(H,36,39)(H,41,42)/t26?,31-/m1/s1. The SMILES string of the molecule is CCCN(CCC)C(=O)c1cccc(C(=O)N[C@@H](Cc2ccccc2)P(=O)(O)CC(C)C(=O)NCCc2ccccc2)c1. The van der Waals surface area contributed by atoms with Crippen LogP contribution >= 0.6 is 7.37 Å². The number of amides is 3. The predicted octanol–water partition coefficient (Wildman–Crippen LogP) is 5.51. The topological polar surface area (TPSA) is 116 Å². The molecule has 3 aromatic carbocycles. The molecule has 43 heavy (non-hydrogen) atoms. The van der Waals surface area contributed by atoms with Crippen molar-refractivity contribution in [1.82, 2.24) is 15.5 Å². The maximum atomic E-state index is 13.8. The van der Waals surface area contributed by atoms with Crippen molar-refractivity contribution in [3.8, 4) is 0 Å². The number of carbonyl (C=O) groups is 3. The maximum Gasteiger partial charge on any atom is 0.253 e. The van der Waals surface area contributed by atoms with Gasteiger partial charge in [0.1, 0.15) is 5.78 Å². The van der Waals surface area contributed by atoms with Gasteiger partial charge in [-0.2, -0.15) is 0 Å². The molecule has 0 radical (unpaired) electrons. The highest BCUT2D eigenvalue weighted by molar-refractivity contribution is 7.58. The molecule has 3 atom stereocenters. The van der Waals surface area contributed by atoms with Crippen LogP contribution in [-0.4, -0.2) is 59.1 Å². The molecule has 0 aliphatic rings. The summed E-state index contributed by atoms with van der Waals surface area (Å²) >= 11 is 0. The van der Waals surface area contributed by atoms with Crippen molar-refractivity contribution in [2.24, 2.45) is 5.92 Å². The van der Waals surface area contributed by atoms with Crippen LogP contribution in [-0.2, 0) is 22.2 Å².